The van der Waals surface area contributed by atoms with E-state index in [1.807, 2.05) is 0 Å². The number of aliphatic hydroxyl groups is 1. The van der Waals surface area contributed by atoms with Crippen molar-refractivity contribution in [3.8, 4) is 0 Å². The summed E-state index contributed by atoms with van der Waals surface area (Å²) in [7, 11) is -9.90. The largest absolute Gasteiger partial charge is 0.472 e. The molecule has 19 heteroatoms. The van der Waals surface area contributed by atoms with Crippen molar-refractivity contribution < 1.29 is 80.2 Å². The first kappa shape index (κ1) is 86.1. The highest BCUT2D eigenvalue weighted by molar-refractivity contribution is 7.47. The van der Waals surface area contributed by atoms with Crippen molar-refractivity contribution in [1.82, 2.24) is 0 Å². The molecule has 0 saturated heterocycles. The van der Waals surface area contributed by atoms with Gasteiger partial charge in [-0.3, -0.25) is 37.3 Å². The highest BCUT2D eigenvalue weighted by Gasteiger charge is 2.30. The molecule has 0 spiro atoms. The molecule has 0 aromatic carbocycles. The van der Waals surface area contributed by atoms with Gasteiger partial charge in [0.25, 0.3) is 0 Å². The van der Waals surface area contributed by atoms with Crippen molar-refractivity contribution in [2.24, 2.45) is 23.7 Å². The summed E-state index contributed by atoms with van der Waals surface area (Å²) in [5.41, 5.74) is 0. The van der Waals surface area contributed by atoms with Crippen molar-refractivity contribution >= 4 is 39.5 Å². The van der Waals surface area contributed by atoms with Gasteiger partial charge in [0.05, 0.1) is 26.4 Å². The summed E-state index contributed by atoms with van der Waals surface area (Å²) >= 11 is 0. The second kappa shape index (κ2) is 58.8. The number of phosphoric acid groups is 2. The molecule has 0 aliphatic rings. The number of rotatable bonds is 66. The lowest BCUT2D eigenvalue weighted by atomic mass is 9.99. The average Bonchev–Trinajstić information content (AvgIpc) is 3.55. The normalized spacial score (nSPS) is 14.6. The number of carbonyl (C=O) groups excluding carboxylic acids is 4. The van der Waals surface area contributed by atoms with E-state index in [0.717, 1.165) is 115 Å². The minimum Gasteiger partial charge on any atom is -0.462 e. The van der Waals surface area contributed by atoms with Gasteiger partial charge in [-0.05, 0) is 49.4 Å². The molecule has 0 fully saturated rings. The van der Waals surface area contributed by atoms with Crippen LogP contribution in [0.1, 0.15) is 338 Å². The number of carbonyl (C=O) groups is 4. The summed E-state index contributed by atoms with van der Waals surface area (Å²) in [6.07, 6.45) is 40.4. The number of unbranched alkanes of at least 4 members (excludes halogenated alkanes) is 31. The Labute approximate surface area is 537 Å². The molecule has 0 heterocycles. The number of phosphoric ester groups is 2. The Bertz CT molecular complexity index is 1750. The Morgan fingerprint density at radius 1 is 0.318 bits per heavy atom. The first-order chi connectivity index (χ1) is 42.1. The number of aliphatic hydroxyl groups excluding tert-OH is 1. The first-order valence-electron chi connectivity index (χ1n) is 35.7. The Morgan fingerprint density at radius 2 is 0.545 bits per heavy atom. The third-order valence-electron chi connectivity index (χ3n) is 16.2. The molecule has 88 heavy (non-hydrogen) atoms. The van der Waals surface area contributed by atoms with E-state index in [1.54, 1.807) is 0 Å². The fraction of sp³-hybridized carbons (Fsp3) is 0.942. The molecule has 0 saturated carbocycles. The van der Waals surface area contributed by atoms with Gasteiger partial charge in [-0.25, -0.2) is 9.13 Å². The van der Waals surface area contributed by atoms with Crippen molar-refractivity contribution in [1.29, 1.82) is 0 Å². The maximum Gasteiger partial charge on any atom is 0.472 e. The number of hydrogen-bond donors (Lipinski definition) is 3. The Morgan fingerprint density at radius 3 is 0.807 bits per heavy atom. The van der Waals surface area contributed by atoms with Gasteiger partial charge in [-0.2, -0.15) is 0 Å². The SMILES string of the molecule is CCC(C)CCCCCCCCCCCCC(=O)O[C@H](COC(=O)CCCCCCCCC(C)C)COP(=O)(O)OC[C@H](O)COP(=O)(O)OC[C@@H](COC(=O)CCCCCCCCCC(C)C)OC(=O)CCCCCCCCCCCCCCC(C)C. The van der Waals surface area contributed by atoms with Gasteiger partial charge in [0.2, 0.25) is 0 Å². The molecule has 6 atom stereocenters. The third-order valence-corrected chi connectivity index (χ3v) is 18.1. The van der Waals surface area contributed by atoms with E-state index in [0.29, 0.717) is 37.5 Å². The maximum absolute atomic E-state index is 13.0. The van der Waals surface area contributed by atoms with Crippen LogP contribution in [0.25, 0.3) is 0 Å². The maximum atomic E-state index is 13.0. The second-order valence-electron chi connectivity index (χ2n) is 26.6. The molecule has 0 aromatic rings. The molecule has 522 valence electrons. The van der Waals surface area contributed by atoms with Crippen LogP contribution in [0.4, 0.5) is 0 Å². The summed E-state index contributed by atoms with van der Waals surface area (Å²) in [4.78, 5) is 72.4. The molecule has 3 N–H and O–H groups in total. The molecule has 0 amide bonds. The van der Waals surface area contributed by atoms with E-state index in [2.05, 4.69) is 55.4 Å². The zero-order valence-electron chi connectivity index (χ0n) is 57.3. The van der Waals surface area contributed by atoms with Crippen LogP contribution in [-0.2, 0) is 65.4 Å². The standard InChI is InChI=1S/C69H134O17P2/c1-9-62(8)48-40-32-23-17-14-15-19-25-36-44-52-69(74)86-65(56-80-67(72)50-42-34-28-27-31-39-47-61(6)7)58-84-88(77,78)82-54-63(70)53-81-87(75,76)83-57-64(55-79-66(71)49-41-33-26-20-22-30-38-46-60(4)5)85-68(73)51-43-35-24-18-13-11-10-12-16-21-29-37-45-59(2)3/h59-65,70H,9-58H2,1-8H3,(H,75,76)(H,77,78)/t62?,63-,64-,65-/m1/s1. The van der Waals surface area contributed by atoms with Gasteiger partial charge >= 0.3 is 39.5 Å². The molecule has 0 aliphatic heterocycles. The number of hydrogen-bond acceptors (Lipinski definition) is 15. The Kier molecular flexibility index (Phi) is 57.6. The lowest BCUT2D eigenvalue weighted by molar-refractivity contribution is -0.161. The predicted molar refractivity (Wildman–Crippen MR) is 354 cm³/mol. The summed E-state index contributed by atoms with van der Waals surface area (Å²) in [6.45, 7) is 14.0. The van der Waals surface area contributed by atoms with Crippen molar-refractivity contribution in [3.05, 3.63) is 0 Å². The van der Waals surface area contributed by atoms with E-state index >= 15 is 0 Å². The molecule has 17 nitrogen and oxygen atoms in total. The van der Waals surface area contributed by atoms with Crippen LogP contribution in [0.2, 0.25) is 0 Å². The van der Waals surface area contributed by atoms with Crippen LogP contribution in [-0.4, -0.2) is 96.7 Å². The summed E-state index contributed by atoms with van der Waals surface area (Å²) < 4.78 is 68.2. The Balaban J connectivity index is 5.24. The molecule has 0 bridgehead atoms. The van der Waals surface area contributed by atoms with Gasteiger partial charge in [0, 0.05) is 25.7 Å². The van der Waals surface area contributed by atoms with Crippen LogP contribution in [0, 0.1) is 23.7 Å². The van der Waals surface area contributed by atoms with E-state index in [9.17, 15) is 43.2 Å². The van der Waals surface area contributed by atoms with Crippen molar-refractivity contribution in [2.45, 2.75) is 356 Å². The number of esters is 4. The molecule has 0 aliphatic carbocycles. The minimum atomic E-state index is -4.95. The summed E-state index contributed by atoms with van der Waals surface area (Å²) in [6, 6.07) is 0. The minimum absolute atomic E-state index is 0.104. The van der Waals surface area contributed by atoms with E-state index in [1.165, 1.54) is 128 Å². The van der Waals surface area contributed by atoms with Crippen molar-refractivity contribution in [3.63, 3.8) is 0 Å². The molecule has 0 rings (SSSR count). The van der Waals surface area contributed by atoms with Crippen LogP contribution in [0.5, 0.6) is 0 Å². The lowest BCUT2D eigenvalue weighted by Crippen LogP contribution is -2.30. The Hall–Kier alpha value is -1.94. The van der Waals surface area contributed by atoms with Gasteiger partial charge in [-0.1, -0.05) is 287 Å². The van der Waals surface area contributed by atoms with E-state index in [-0.39, 0.29) is 25.7 Å². The fourth-order valence-corrected chi connectivity index (χ4v) is 11.9. The zero-order valence-corrected chi connectivity index (χ0v) is 59.1. The second-order valence-corrected chi connectivity index (χ2v) is 29.5. The molecule has 3 unspecified atom stereocenters. The predicted octanol–water partition coefficient (Wildman–Crippen LogP) is 19.3. The highest BCUT2D eigenvalue weighted by atomic mass is 31.2. The van der Waals surface area contributed by atoms with E-state index in [4.69, 9.17) is 37.0 Å². The quantitative estimate of drug-likeness (QED) is 0.0222. The van der Waals surface area contributed by atoms with Gasteiger partial charge in [0.15, 0.2) is 12.2 Å². The van der Waals surface area contributed by atoms with E-state index < -0.39 is 97.5 Å². The third kappa shape index (κ3) is 61.6. The van der Waals surface area contributed by atoms with Gasteiger partial charge < -0.3 is 33.8 Å². The van der Waals surface area contributed by atoms with Crippen LogP contribution < -0.4 is 0 Å². The summed E-state index contributed by atoms with van der Waals surface area (Å²) in [5.74, 6) is 0.831. The number of ether oxygens (including phenoxy) is 4. The molecular weight excluding hydrogens is 1160 g/mol. The smallest absolute Gasteiger partial charge is 0.462 e. The van der Waals surface area contributed by atoms with Crippen LogP contribution >= 0.6 is 15.6 Å². The van der Waals surface area contributed by atoms with Gasteiger partial charge in [0.1, 0.15) is 19.3 Å². The monoisotopic (exact) mass is 1300 g/mol. The van der Waals surface area contributed by atoms with Crippen LogP contribution in [0.15, 0.2) is 0 Å². The molecule has 0 aromatic heterocycles. The molecular formula is C69H134O17P2. The first-order valence-corrected chi connectivity index (χ1v) is 38.7. The van der Waals surface area contributed by atoms with Crippen LogP contribution in [0.3, 0.4) is 0 Å². The molecule has 0 radical (unpaired) electrons. The topological polar surface area (TPSA) is 237 Å². The van der Waals surface area contributed by atoms with Crippen molar-refractivity contribution in [2.75, 3.05) is 39.6 Å². The average molecular weight is 1300 g/mol. The lowest BCUT2D eigenvalue weighted by Gasteiger charge is -2.21. The highest BCUT2D eigenvalue weighted by Crippen LogP contribution is 2.45. The summed E-state index contributed by atoms with van der Waals surface area (Å²) in [5, 5.41) is 10.6. The zero-order chi connectivity index (χ0) is 65.4. The fourth-order valence-electron chi connectivity index (χ4n) is 10.3. The van der Waals surface area contributed by atoms with Gasteiger partial charge in [-0.15, -0.1) is 0 Å².